The van der Waals surface area contributed by atoms with Gasteiger partial charge in [-0.2, -0.15) is 0 Å². The van der Waals surface area contributed by atoms with Gasteiger partial charge in [0.25, 0.3) is 15.9 Å². The number of carbonyl (C=O) groups excluding carboxylic acids is 1. The number of amides is 1. The average molecular weight is 430 g/mol. The van der Waals surface area contributed by atoms with Crippen LogP contribution in [0.4, 0.5) is 5.69 Å². The highest BCUT2D eigenvalue weighted by Crippen LogP contribution is 2.18. The molecule has 6 nitrogen and oxygen atoms in total. The van der Waals surface area contributed by atoms with Gasteiger partial charge in [0.05, 0.1) is 4.90 Å². The van der Waals surface area contributed by atoms with Gasteiger partial charge in [-0.1, -0.05) is 24.1 Å². The first kappa shape index (κ1) is 22.3. The average Bonchev–Trinajstić information content (AvgIpc) is 2.74. The Morgan fingerprint density at radius 2 is 1.77 bits per heavy atom. The minimum absolute atomic E-state index is 0.124. The maximum Gasteiger partial charge on any atom is 0.261 e. The van der Waals surface area contributed by atoms with Gasteiger partial charge in [0.2, 0.25) is 0 Å². The lowest BCUT2D eigenvalue weighted by molar-refractivity contribution is 0.0948. The van der Waals surface area contributed by atoms with E-state index in [0.29, 0.717) is 23.8 Å². The minimum atomic E-state index is -3.69. The molecule has 1 unspecified atom stereocenters. The van der Waals surface area contributed by atoms with E-state index in [1.54, 1.807) is 24.3 Å². The molecular formula is C23H31N3O3S. The van der Waals surface area contributed by atoms with E-state index in [0.717, 1.165) is 25.1 Å². The monoisotopic (exact) mass is 429 g/mol. The summed E-state index contributed by atoms with van der Waals surface area (Å²) in [5, 5.41) is 2.93. The number of anilines is 1. The number of carbonyl (C=O) groups is 1. The quantitative estimate of drug-likeness (QED) is 0.626. The number of piperidine rings is 1. The van der Waals surface area contributed by atoms with Crippen LogP contribution in [-0.2, 0) is 10.0 Å². The summed E-state index contributed by atoms with van der Waals surface area (Å²) < 4.78 is 27.6. The maximum atomic E-state index is 12.5. The molecule has 1 aliphatic heterocycles. The number of sulfonamides is 1. The highest BCUT2D eigenvalue weighted by molar-refractivity contribution is 7.92. The molecule has 2 aromatic rings. The van der Waals surface area contributed by atoms with Gasteiger partial charge >= 0.3 is 0 Å². The lowest BCUT2D eigenvalue weighted by atomic mass is 10.0. The van der Waals surface area contributed by atoms with E-state index in [-0.39, 0.29) is 10.8 Å². The second-order valence-electron chi connectivity index (χ2n) is 7.99. The Hall–Kier alpha value is -2.38. The van der Waals surface area contributed by atoms with Crippen LogP contribution in [0, 0.1) is 6.92 Å². The Morgan fingerprint density at radius 3 is 2.43 bits per heavy atom. The van der Waals surface area contributed by atoms with Crippen LogP contribution in [0.5, 0.6) is 0 Å². The van der Waals surface area contributed by atoms with Crippen molar-refractivity contribution in [2.24, 2.45) is 0 Å². The predicted octanol–water partition coefficient (Wildman–Crippen LogP) is 3.79. The molecule has 1 amide bonds. The van der Waals surface area contributed by atoms with Crippen LogP contribution in [0.3, 0.4) is 0 Å². The van der Waals surface area contributed by atoms with Crippen molar-refractivity contribution in [2.75, 3.05) is 24.4 Å². The van der Waals surface area contributed by atoms with E-state index in [4.69, 9.17) is 0 Å². The van der Waals surface area contributed by atoms with Crippen molar-refractivity contribution in [3.05, 3.63) is 59.7 Å². The van der Waals surface area contributed by atoms with Gasteiger partial charge in [-0.15, -0.1) is 0 Å². The first-order valence-electron chi connectivity index (χ1n) is 10.6. The number of nitrogens with zero attached hydrogens (tertiary/aromatic N) is 1. The van der Waals surface area contributed by atoms with Gasteiger partial charge in [-0.3, -0.25) is 9.52 Å². The second kappa shape index (κ2) is 10.1. The van der Waals surface area contributed by atoms with Crippen LogP contribution in [0.25, 0.3) is 0 Å². The van der Waals surface area contributed by atoms with Crippen LogP contribution < -0.4 is 10.0 Å². The summed E-state index contributed by atoms with van der Waals surface area (Å²) in [7, 11) is -3.69. The van der Waals surface area contributed by atoms with Gasteiger partial charge in [0.15, 0.2) is 0 Å². The standard InChI is InChI=1S/C23H31N3O3S/c1-18-7-11-21(12-8-18)25-30(28,29)22-13-9-20(10-14-22)23(27)24-15-5-17-26-16-4-3-6-19(26)2/h7-14,19,25H,3-6,15-17H2,1-2H3,(H,24,27). The molecule has 3 rings (SSSR count). The Balaban J connectivity index is 1.50. The molecule has 2 N–H and O–H groups in total. The molecule has 1 atom stereocenters. The topological polar surface area (TPSA) is 78.5 Å². The predicted molar refractivity (Wildman–Crippen MR) is 120 cm³/mol. The highest BCUT2D eigenvalue weighted by atomic mass is 32.2. The fraction of sp³-hybridized carbons (Fsp3) is 0.435. The van der Waals surface area contributed by atoms with Crippen molar-refractivity contribution in [3.8, 4) is 0 Å². The molecule has 1 aliphatic rings. The summed E-state index contributed by atoms with van der Waals surface area (Å²) in [6.07, 6.45) is 4.72. The van der Waals surface area contributed by atoms with Gasteiger partial charge in [0.1, 0.15) is 0 Å². The fourth-order valence-corrected chi connectivity index (χ4v) is 4.76. The van der Waals surface area contributed by atoms with Crippen LogP contribution in [0.15, 0.2) is 53.4 Å². The molecule has 162 valence electrons. The lowest BCUT2D eigenvalue weighted by Gasteiger charge is -2.33. The summed E-state index contributed by atoms with van der Waals surface area (Å²) in [6.45, 7) is 6.94. The summed E-state index contributed by atoms with van der Waals surface area (Å²) >= 11 is 0. The number of rotatable bonds is 8. The van der Waals surface area contributed by atoms with E-state index >= 15 is 0 Å². The maximum absolute atomic E-state index is 12.5. The summed E-state index contributed by atoms with van der Waals surface area (Å²) in [4.78, 5) is 15.0. The highest BCUT2D eigenvalue weighted by Gasteiger charge is 2.18. The SMILES string of the molecule is Cc1ccc(NS(=O)(=O)c2ccc(C(=O)NCCCN3CCCCC3C)cc2)cc1. The van der Waals surface area contributed by atoms with E-state index < -0.39 is 10.0 Å². The van der Waals surface area contributed by atoms with Crippen LogP contribution in [0.1, 0.15) is 48.5 Å². The third-order valence-corrected chi connectivity index (χ3v) is 6.98. The zero-order valence-corrected chi connectivity index (χ0v) is 18.5. The van der Waals surface area contributed by atoms with Gasteiger partial charge in [-0.05, 0) is 76.1 Å². The number of benzene rings is 2. The molecule has 30 heavy (non-hydrogen) atoms. The number of hydrogen-bond donors (Lipinski definition) is 2. The Bertz CT molecular complexity index is 941. The molecule has 2 aromatic carbocycles. The van der Waals surface area contributed by atoms with Crippen molar-refractivity contribution >= 4 is 21.6 Å². The van der Waals surface area contributed by atoms with Crippen molar-refractivity contribution < 1.29 is 13.2 Å². The summed E-state index contributed by atoms with van der Waals surface area (Å²) in [6, 6.07) is 13.8. The Labute approximate surface area is 179 Å². The third kappa shape index (κ3) is 6.06. The van der Waals surface area contributed by atoms with Crippen LogP contribution in [-0.4, -0.2) is 44.9 Å². The van der Waals surface area contributed by atoms with Gasteiger partial charge in [-0.25, -0.2) is 8.42 Å². The molecule has 0 radical (unpaired) electrons. The molecule has 1 saturated heterocycles. The van der Waals surface area contributed by atoms with Crippen LogP contribution >= 0.6 is 0 Å². The van der Waals surface area contributed by atoms with Gasteiger partial charge < -0.3 is 10.2 Å². The van der Waals surface area contributed by atoms with Crippen molar-refractivity contribution in [1.82, 2.24) is 10.2 Å². The normalized spacial score (nSPS) is 17.5. The van der Waals surface area contributed by atoms with Crippen molar-refractivity contribution in [2.45, 2.75) is 50.5 Å². The van der Waals surface area contributed by atoms with Gasteiger partial charge in [0, 0.05) is 30.4 Å². The minimum Gasteiger partial charge on any atom is -0.352 e. The van der Waals surface area contributed by atoms with E-state index in [1.807, 2.05) is 19.1 Å². The molecule has 1 heterocycles. The smallest absolute Gasteiger partial charge is 0.261 e. The molecule has 0 spiro atoms. The summed E-state index contributed by atoms with van der Waals surface area (Å²) in [5.41, 5.74) is 2.01. The molecule has 0 aromatic heterocycles. The molecule has 0 aliphatic carbocycles. The molecule has 0 saturated carbocycles. The first-order chi connectivity index (χ1) is 14.3. The van der Waals surface area contributed by atoms with Crippen LogP contribution in [0.2, 0.25) is 0 Å². The molecule has 1 fully saturated rings. The molecule has 0 bridgehead atoms. The second-order valence-corrected chi connectivity index (χ2v) is 9.67. The zero-order valence-electron chi connectivity index (χ0n) is 17.7. The lowest BCUT2D eigenvalue weighted by Crippen LogP contribution is -2.39. The van der Waals surface area contributed by atoms with E-state index in [2.05, 4.69) is 21.9 Å². The number of nitrogens with one attached hydrogen (secondary N) is 2. The Kier molecular flexibility index (Phi) is 7.50. The fourth-order valence-electron chi connectivity index (χ4n) is 3.70. The third-order valence-electron chi connectivity index (χ3n) is 5.58. The largest absolute Gasteiger partial charge is 0.352 e. The van der Waals surface area contributed by atoms with E-state index in [9.17, 15) is 13.2 Å². The zero-order chi connectivity index (χ0) is 21.6. The summed E-state index contributed by atoms with van der Waals surface area (Å²) in [5.74, 6) is -0.183. The van der Waals surface area contributed by atoms with Crippen molar-refractivity contribution in [1.29, 1.82) is 0 Å². The molecular weight excluding hydrogens is 398 g/mol. The number of hydrogen-bond acceptors (Lipinski definition) is 4. The first-order valence-corrected chi connectivity index (χ1v) is 12.1. The van der Waals surface area contributed by atoms with Crippen molar-refractivity contribution in [3.63, 3.8) is 0 Å². The number of likely N-dealkylation sites (tertiary alicyclic amines) is 1. The number of aryl methyl sites for hydroxylation is 1. The molecule has 7 heteroatoms. The van der Waals surface area contributed by atoms with E-state index in [1.165, 1.54) is 31.4 Å². The Morgan fingerprint density at radius 1 is 1.07 bits per heavy atom.